The van der Waals surface area contributed by atoms with Gasteiger partial charge < -0.3 is 24.7 Å². The molecule has 8 nitrogen and oxygen atoms in total. The van der Waals surface area contributed by atoms with E-state index in [0.717, 1.165) is 11.1 Å². The lowest BCUT2D eigenvalue weighted by Gasteiger charge is -2.07. The second-order valence-corrected chi connectivity index (χ2v) is 6.47. The van der Waals surface area contributed by atoms with Crippen LogP contribution in [0.25, 0.3) is 11.1 Å². The molecule has 0 spiro atoms. The summed E-state index contributed by atoms with van der Waals surface area (Å²) >= 11 is 0. The summed E-state index contributed by atoms with van der Waals surface area (Å²) < 4.78 is 23.3. The van der Waals surface area contributed by atoms with Crippen LogP contribution in [-0.2, 0) is 16.1 Å². The summed E-state index contributed by atoms with van der Waals surface area (Å²) in [4.78, 5) is 11.0. The van der Waals surface area contributed by atoms with Crippen molar-refractivity contribution in [2.75, 3.05) is 25.7 Å². The van der Waals surface area contributed by atoms with Crippen LogP contribution in [0.3, 0.4) is 0 Å². The van der Waals surface area contributed by atoms with Gasteiger partial charge >= 0.3 is 5.97 Å². The van der Waals surface area contributed by atoms with Crippen molar-refractivity contribution in [1.29, 1.82) is 0 Å². The number of nitrogen functional groups attached to an aromatic ring is 1. The van der Waals surface area contributed by atoms with Crippen LogP contribution in [0.4, 0.5) is 5.82 Å². The Balaban J connectivity index is 1.66. The van der Waals surface area contributed by atoms with Crippen molar-refractivity contribution in [3.63, 3.8) is 0 Å². The molecule has 0 atom stereocenters. The van der Waals surface area contributed by atoms with Gasteiger partial charge in [0.1, 0.15) is 19.0 Å². The van der Waals surface area contributed by atoms with Crippen molar-refractivity contribution in [3.8, 4) is 28.5 Å². The molecular weight excluding hydrogens is 374 g/mol. The van der Waals surface area contributed by atoms with Crippen LogP contribution in [-0.4, -0.2) is 35.8 Å². The number of hydrogen-bond donors (Lipinski definition) is 1. The Hall–Kier alpha value is -3.68. The molecule has 0 bridgehead atoms. The maximum absolute atomic E-state index is 11.0. The average Bonchev–Trinajstić information content (AvgIpc) is 3.30. The molecule has 0 unspecified atom stereocenters. The molecule has 2 heterocycles. The molecule has 3 aromatic rings. The summed E-state index contributed by atoms with van der Waals surface area (Å²) in [6.45, 7) is 2.33. The van der Waals surface area contributed by atoms with Crippen molar-refractivity contribution in [2.45, 2.75) is 13.5 Å². The average molecular weight is 395 g/mol. The van der Waals surface area contributed by atoms with Gasteiger partial charge in [0.15, 0.2) is 11.5 Å². The lowest BCUT2D eigenvalue weighted by molar-refractivity contribution is -0.141. The molecule has 4 rings (SSSR count). The normalized spacial score (nSPS) is 12.0. The number of carbonyl (C=O) groups is 1. The molecule has 2 aromatic carbocycles. The summed E-state index contributed by atoms with van der Waals surface area (Å²) in [5, 5.41) is 4.55. The first-order valence-electron chi connectivity index (χ1n) is 9.18. The molecule has 8 heteroatoms. The molecular formula is C21H21N3O5. The molecule has 0 radical (unpaired) electrons. The van der Waals surface area contributed by atoms with Gasteiger partial charge in [-0.1, -0.05) is 36.4 Å². The molecule has 1 aliphatic heterocycles. The van der Waals surface area contributed by atoms with Gasteiger partial charge in [-0.25, -0.2) is 4.68 Å². The van der Waals surface area contributed by atoms with Crippen LogP contribution in [0.15, 0.2) is 48.5 Å². The quantitative estimate of drug-likeness (QED) is 0.485. The van der Waals surface area contributed by atoms with Crippen LogP contribution < -0.4 is 19.9 Å². The van der Waals surface area contributed by atoms with E-state index in [1.54, 1.807) is 4.68 Å². The summed E-state index contributed by atoms with van der Waals surface area (Å²) in [5.74, 6) is 1.79. The third-order valence-electron chi connectivity index (χ3n) is 4.42. The highest BCUT2D eigenvalue weighted by Crippen LogP contribution is 2.41. The fourth-order valence-electron chi connectivity index (χ4n) is 3.08. The van der Waals surface area contributed by atoms with Gasteiger partial charge in [-0.05, 0) is 23.3 Å². The van der Waals surface area contributed by atoms with E-state index in [-0.39, 0.29) is 26.0 Å². The van der Waals surface area contributed by atoms with E-state index < -0.39 is 0 Å². The van der Waals surface area contributed by atoms with Crippen molar-refractivity contribution in [1.82, 2.24) is 9.78 Å². The number of nitrogens with zero attached hydrogens (tertiary/aromatic N) is 2. The Morgan fingerprint density at radius 1 is 1.14 bits per heavy atom. The van der Waals surface area contributed by atoms with E-state index in [9.17, 15) is 4.79 Å². The van der Waals surface area contributed by atoms with Crippen LogP contribution in [0.2, 0.25) is 0 Å². The number of nitrogens with two attached hydrogens (primary N) is 1. The van der Waals surface area contributed by atoms with Gasteiger partial charge in [0, 0.05) is 6.92 Å². The highest BCUT2D eigenvalue weighted by molar-refractivity contribution is 5.80. The maximum Gasteiger partial charge on any atom is 0.302 e. The molecule has 0 saturated heterocycles. The summed E-state index contributed by atoms with van der Waals surface area (Å²) in [5.41, 5.74) is 8.96. The number of benzene rings is 2. The van der Waals surface area contributed by atoms with E-state index in [0.29, 0.717) is 35.3 Å². The number of ether oxygens (including phenoxy) is 4. The SMILES string of the molecule is CC(=O)OCCOc1nn(Cc2ccccc2)c(N)c1-c1ccc2c(c1)OCO2. The van der Waals surface area contributed by atoms with Crippen molar-refractivity contribution in [3.05, 3.63) is 54.1 Å². The lowest BCUT2D eigenvalue weighted by atomic mass is 10.1. The van der Waals surface area contributed by atoms with E-state index in [1.165, 1.54) is 6.92 Å². The fourth-order valence-corrected chi connectivity index (χ4v) is 3.08. The van der Waals surface area contributed by atoms with Gasteiger partial charge in [-0.2, -0.15) is 0 Å². The minimum Gasteiger partial charge on any atom is -0.472 e. The standard InChI is InChI=1S/C21H21N3O5/c1-14(25)26-9-10-27-21-19(16-7-8-17-18(11-16)29-13-28-17)20(22)24(23-21)12-15-5-3-2-4-6-15/h2-8,11H,9-10,12-13,22H2,1H3. The van der Waals surface area contributed by atoms with Crippen LogP contribution in [0.1, 0.15) is 12.5 Å². The second-order valence-electron chi connectivity index (χ2n) is 6.47. The van der Waals surface area contributed by atoms with E-state index in [1.807, 2.05) is 48.5 Å². The minimum absolute atomic E-state index is 0.126. The van der Waals surface area contributed by atoms with Gasteiger partial charge in [-0.15, -0.1) is 5.10 Å². The van der Waals surface area contributed by atoms with Crippen molar-refractivity contribution in [2.24, 2.45) is 0 Å². The highest BCUT2D eigenvalue weighted by atomic mass is 16.7. The van der Waals surface area contributed by atoms with Crippen molar-refractivity contribution >= 4 is 11.8 Å². The van der Waals surface area contributed by atoms with E-state index in [2.05, 4.69) is 5.10 Å². The van der Waals surface area contributed by atoms with E-state index >= 15 is 0 Å². The number of carbonyl (C=O) groups excluding carboxylic acids is 1. The Morgan fingerprint density at radius 3 is 2.72 bits per heavy atom. The molecule has 150 valence electrons. The molecule has 1 aromatic heterocycles. The van der Waals surface area contributed by atoms with Crippen molar-refractivity contribution < 1.29 is 23.7 Å². The zero-order chi connectivity index (χ0) is 20.2. The first kappa shape index (κ1) is 18.7. The molecule has 0 aliphatic carbocycles. The summed E-state index contributed by atoms with van der Waals surface area (Å²) in [6.07, 6.45) is 0. The van der Waals surface area contributed by atoms with Gasteiger partial charge in [0.25, 0.3) is 0 Å². The third kappa shape index (κ3) is 4.11. The Kier molecular flexibility index (Phi) is 5.24. The van der Waals surface area contributed by atoms with E-state index in [4.69, 9.17) is 24.7 Å². The number of rotatable bonds is 7. The molecule has 0 amide bonds. The van der Waals surface area contributed by atoms with Gasteiger partial charge in [0.05, 0.1) is 12.1 Å². The molecule has 0 fully saturated rings. The fraction of sp³-hybridized carbons (Fsp3) is 0.238. The number of fused-ring (bicyclic) bond motifs is 1. The molecule has 1 aliphatic rings. The third-order valence-corrected chi connectivity index (χ3v) is 4.42. The Bertz CT molecular complexity index is 1020. The van der Waals surface area contributed by atoms with Crippen LogP contribution >= 0.6 is 0 Å². The van der Waals surface area contributed by atoms with Crippen LogP contribution in [0.5, 0.6) is 17.4 Å². The minimum atomic E-state index is -0.362. The highest BCUT2D eigenvalue weighted by Gasteiger charge is 2.22. The number of anilines is 1. The van der Waals surface area contributed by atoms with Gasteiger partial charge in [-0.3, -0.25) is 4.79 Å². The second kappa shape index (κ2) is 8.14. The largest absolute Gasteiger partial charge is 0.472 e. The molecule has 29 heavy (non-hydrogen) atoms. The lowest BCUT2D eigenvalue weighted by Crippen LogP contribution is -2.10. The summed E-state index contributed by atoms with van der Waals surface area (Å²) in [7, 11) is 0. The monoisotopic (exact) mass is 395 g/mol. The zero-order valence-electron chi connectivity index (χ0n) is 16.0. The predicted molar refractivity (Wildman–Crippen MR) is 106 cm³/mol. The van der Waals surface area contributed by atoms with Gasteiger partial charge in [0.2, 0.25) is 12.7 Å². The first-order valence-corrected chi connectivity index (χ1v) is 9.18. The zero-order valence-corrected chi connectivity index (χ0v) is 16.0. The summed E-state index contributed by atoms with van der Waals surface area (Å²) in [6, 6.07) is 15.4. The number of esters is 1. The molecule has 0 saturated carbocycles. The Labute approximate surface area is 167 Å². The first-order chi connectivity index (χ1) is 14.1. The Morgan fingerprint density at radius 2 is 1.93 bits per heavy atom. The number of aromatic nitrogens is 2. The predicted octanol–water partition coefficient (Wildman–Crippen LogP) is 2.85. The smallest absolute Gasteiger partial charge is 0.302 e. The number of hydrogen-bond acceptors (Lipinski definition) is 7. The topological polar surface area (TPSA) is 97.8 Å². The molecule has 2 N–H and O–H groups in total. The maximum atomic E-state index is 11.0. The van der Waals surface area contributed by atoms with Crippen LogP contribution in [0, 0.1) is 0 Å².